The number of morpholine rings is 1. The lowest BCUT2D eigenvalue weighted by Gasteiger charge is -2.39. The highest BCUT2D eigenvalue weighted by molar-refractivity contribution is 6.30. The second-order valence-electron chi connectivity index (χ2n) is 8.38. The molecule has 34 heavy (non-hydrogen) atoms. The van der Waals surface area contributed by atoms with E-state index in [0.717, 1.165) is 13.1 Å². The van der Waals surface area contributed by atoms with E-state index < -0.39 is 0 Å². The average molecular weight is 488 g/mol. The van der Waals surface area contributed by atoms with Crippen molar-refractivity contribution >= 4 is 23.4 Å². The summed E-state index contributed by atoms with van der Waals surface area (Å²) in [6, 6.07) is 12.4. The standard InChI is InChI=1S/C25H30ClN3O5/c1-32-21-7-4-8-22(33-2)23(21)25(31)28-11-9-27(10-12-28)16-20-17-29(13-14-34-20)24(30)18-5-3-6-19(26)15-18/h3-8,15,20H,9-14,16-17H2,1-2H3. The van der Waals surface area contributed by atoms with Gasteiger partial charge in [0.25, 0.3) is 11.8 Å². The fourth-order valence-electron chi connectivity index (χ4n) is 4.46. The third kappa shape index (κ3) is 5.46. The zero-order valence-electron chi connectivity index (χ0n) is 19.5. The lowest BCUT2D eigenvalue weighted by molar-refractivity contribution is -0.0400. The summed E-state index contributed by atoms with van der Waals surface area (Å²) in [6.07, 6.45) is -0.0755. The van der Waals surface area contributed by atoms with Crippen LogP contribution >= 0.6 is 11.6 Å². The Morgan fingerprint density at radius 2 is 1.62 bits per heavy atom. The Labute approximate surface area is 204 Å². The van der Waals surface area contributed by atoms with Crippen LogP contribution in [0.2, 0.25) is 5.02 Å². The largest absolute Gasteiger partial charge is 0.496 e. The van der Waals surface area contributed by atoms with Crippen LogP contribution in [0.25, 0.3) is 0 Å². The normalized spacial score (nSPS) is 19.1. The van der Waals surface area contributed by atoms with Gasteiger partial charge < -0.3 is 24.0 Å². The van der Waals surface area contributed by atoms with Gasteiger partial charge in [0.1, 0.15) is 17.1 Å². The molecule has 182 valence electrons. The van der Waals surface area contributed by atoms with Crippen molar-refractivity contribution in [3.05, 3.63) is 58.6 Å². The van der Waals surface area contributed by atoms with Crippen molar-refractivity contribution in [1.82, 2.24) is 14.7 Å². The van der Waals surface area contributed by atoms with Crippen molar-refractivity contribution in [3.8, 4) is 11.5 Å². The third-order valence-electron chi connectivity index (χ3n) is 6.26. The predicted octanol–water partition coefficient (Wildman–Crippen LogP) is 2.66. The van der Waals surface area contributed by atoms with E-state index in [0.29, 0.717) is 67.0 Å². The molecule has 2 aliphatic heterocycles. The Balaban J connectivity index is 1.32. The Bertz CT molecular complexity index is 1000. The van der Waals surface area contributed by atoms with Gasteiger partial charge >= 0.3 is 0 Å². The number of carbonyl (C=O) groups is 2. The molecular weight excluding hydrogens is 458 g/mol. The number of rotatable bonds is 6. The van der Waals surface area contributed by atoms with Crippen molar-refractivity contribution in [1.29, 1.82) is 0 Å². The molecule has 0 aromatic heterocycles. The molecule has 0 radical (unpaired) electrons. The first-order valence-corrected chi connectivity index (χ1v) is 11.8. The summed E-state index contributed by atoms with van der Waals surface area (Å²) in [7, 11) is 3.10. The molecule has 4 rings (SSSR count). The summed E-state index contributed by atoms with van der Waals surface area (Å²) in [5.41, 5.74) is 1.04. The van der Waals surface area contributed by atoms with E-state index in [2.05, 4.69) is 4.90 Å². The Hall–Kier alpha value is -2.81. The highest BCUT2D eigenvalue weighted by Crippen LogP contribution is 2.30. The third-order valence-corrected chi connectivity index (χ3v) is 6.50. The van der Waals surface area contributed by atoms with Gasteiger partial charge in [0.05, 0.1) is 26.9 Å². The summed E-state index contributed by atoms with van der Waals surface area (Å²) >= 11 is 6.05. The van der Waals surface area contributed by atoms with Gasteiger partial charge in [-0.25, -0.2) is 0 Å². The molecule has 0 saturated carbocycles. The molecule has 0 spiro atoms. The lowest BCUT2D eigenvalue weighted by Crippen LogP contribution is -2.54. The SMILES string of the molecule is COc1cccc(OC)c1C(=O)N1CCN(CC2CN(C(=O)c3cccc(Cl)c3)CCO2)CC1. The van der Waals surface area contributed by atoms with Gasteiger partial charge in [0.15, 0.2) is 0 Å². The Morgan fingerprint density at radius 3 is 2.26 bits per heavy atom. The summed E-state index contributed by atoms with van der Waals surface area (Å²) in [6.45, 7) is 4.95. The number of nitrogens with zero attached hydrogens (tertiary/aromatic N) is 3. The van der Waals surface area contributed by atoms with E-state index in [4.69, 9.17) is 25.8 Å². The van der Waals surface area contributed by atoms with Crippen LogP contribution in [-0.2, 0) is 4.74 Å². The van der Waals surface area contributed by atoms with E-state index in [1.54, 1.807) is 56.7 Å². The smallest absolute Gasteiger partial charge is 0.261 e. The molecule has 0 N–H and O–H groups in total. The molecule has 2 aromatic rings. The summed E-state index contributed by atoms with van der Waals surface area (Å²) in [5.74, 6) is 0.886. The van der Waals surface area contributed by atoms with E-state index in [1.807, 2.05) is 9.80 Å². The minimum absolute atomic E-state index is 0.0306. The fourth-order valence-corrected chi connectivity index (χ4v) is 4.65. The number of carbonyl (C=O) groups excluding carboxylic acids is 2. The van der Waals surface area contributed by atoms with Crippen LogP contribution in [-0.4, -0.2) is 99.3 Å². The molecule has 2 amide bonds. The van der Waals surface area contributed by atoms with Crippen LogP contribution < -0.4 is 9.47 Å². The van der Waals surface area contributed by atoms with Gasteiger partial charge in [0.2, 0.25) is 0 Å². The first kappa shape index (κ1) is 24.3. The minimum Gasteiger partial charge on any atom is -0.496 e. The van der Waals surface area contributed by atoms with Crippen molar-refractivity contribution in [2.45, 2.75) is 6.10 Å². The van der Waals surface area contributed by atoms with Crippen LogP contribution in [0.5, 0.6) is 11.5 Å². The van der Waals surface area contributed by atoms with E-state index in [9.17, 15) is 9.59 Å². The number of benzene rings is 2. The monoisotopic (exact) mass is 487 g/mol. The highest BCUT2D eigenvalue weighted by Gasteiger charge is 2.30. The number of ether oxygens (including phenoxy) is 3. The molecule has 2 aromatic carbocycles. The molecule has 9 heteroatoms. The van der Waals surface area contributed by atoms with Crippen LogP contribution in [0.1, 0.15) is 20.7 Å². The van der Waals surface area contributed by atoms with Gasteiger partial charge in [-0.3, -0.25) is 14.5 Å². The number of amides is 2. The minimum atomic E-state index is -0.0961. The molecule has 1 atom stereocenters. The quantitative estimate of drug-likeness (QED) is 0.624. The Morgan fingerprint density at radius 1 is 0.941 bits per heavy atom. The zero-order valence-corrected chi connectivity index (χ0v) is 20.3. The van der Waals surface area contributed by atoms with Crippen LogP contribution in [0.3, 0.4) is 0 Å². The maximum absolute atomic E-state index is 13.2. The number of halogens is 1. The van der Waals surface area contributed by atoms with Crippen molar-refractivity contribution < 1.29 is 23.8 Å². The number of methoxy groups -OCH3 is 2. The molecule has 2 heterocycles. The van der Waals surface area contributed by atoms with Gasteiger partial charge in [-0.2, -0.15) is 0 Å². The molecule has 0 aliphatic carbocycles. The molecule has 1 unspecified atom stereocenters. The van der Waals surface area contributed by atoms with E-state index in [-0.39, 0.29) is 17.9 Å². The average Bonchev–Trinajstić information content (AvgIpc) is 2.88. The van der Waals surface area contributed by atoms with Gasteiger partial charge in [-0.15, -0.1) is 0 Å². The summed E-state index contributed by atoms with van der Waals surface area (Å²) in [5, 5.41) is 0.550. The molecule has 2 fully saturated rings. The first-order valence-electron chi connectivity index (χ1n) is 11.4. The fraction of sp³-hybridized carbons (Fsp3) is 0.440. The van der Waals surface area contributed by atoms with Gasteiger partial charge in [-0.1, -0.05) is 23.7 Å². The lowest BCUT2D eigenvalue weighted by atomic mass is 10.1. The van der Waals surface area contributed by atoms with Crippen molar-refractivity contribution in [2.75, 3.05) is 66.6 Å². The second kappa shape index (κ2) is 11.1. The maximum atomic E-state index is 13.2. The van der Waals surface area contributed by atoms with Crippen LogP contribution in [0.4, 0.5) is 0 Å². The molecule has 2 saturated heterocycles. The van der Waals surface area contributed by atoms with E-state index >= 15 is 0 Å². The first-order chi connectivity index (χ1) is 16.5. The molecular formula is C25H30ClN3O5. The maximum Gasteiger partial charge on any atom is 0.261 e. The van der Waals surface area contributed by atoms with Gasteiger partial charge in [0, 0.05) is 56.4 Å². The summed E-state index contributed by atoms with van der Waals surface area (Å²) in [4.78, 5) is 32.0. The molecule has 0 bridgehead atoms. The van der Waals surface area contributed by atoms with E-state index in [1.165, 1.54) is 0 Å². The van der Waals surface area contributed by atoms with Crippen LogP contribution in [0.15, 0.2) is 42.5 Å². The Kier molecular flexibility index (Phi) is 7.92. The highest BCUT2D eigenvalue weighted by atomic mass is 35.5. The second-order valence-corrected chi connectivity index (χ2v) is 8.82. The molecule has 8 nitrogen and oxygen atoms in total. The number of piperazine rings is 1. The van der Waals surface area contributed by atoms with Crippen molar-refractivity contribution in [3.63, 3.8) is 0 Å². The topological polar surface area (TPSA) is 71.6 Å². The summed E-state index contributed by atoms with van der Waals surface area (Å²) < 4.78 is 16.7. The predicted molar refractivity (Wildman–Crippen MR) is 129 cm³/mol. The number of hydrogen-bond donors (Lipinski definition) is 0. The van der Waals surface area contributed by atoms with Gasteiger partial charge in [-0.05, 0) is 30.3 Å². The van der Waals surface area contributed by atoms with Crippen LogP contribution in [0, 0.1) is 0 Å². The van der Waals surface area contributed by atoms with Crippen molar-refractivity contribution in [2.24, 2.45) is 0 Å². The number of hydrogen-bond acceptors (Lipinski definition) is 6. The molecule has 2 aliphatic rings. The zero-order chi connectivity index (χ0) is 24.1.